The molecule has 30 heavy (non-hydrogen) atoms. The van der Waals surface area contributed by atoms with E-state index < -0.39 is 24.4 Å². The molecule has 0 saturated carbocycles. The molecular weight excluding hydrogens is 406 g/mol. The Morgan fingerprint density at radius 1 is 1.13 bits per heavy atom. The van der Waals surface area contributed by atoms with E-state index >= 15 is 0 Å². The number of esters is 1. The number of benzene rings is 1. The standard InChI is InChI=1S/C21H21N3O5S/c1-13-14(2)30-20-19(13)21(28)24(12-22-20)9-8-18(27)29-11-17(26)23-16(25)10-15-6-4-3-5-7-15/h3-7,12H,8-11H2,1-2H3,(H,23,25,26). The molecule has 0 aliphatic rings. The molecule has 2 amide bonds. The van der Waals surface area contributed by atoms with Crippen molar-refractivity contribution in [2.75, 3.05) is 6.61 Å². The molecule has 0 bridgehead atoms. The zero-order valence-electron chi connectivity index (χ0n) is 16.6. The van der Waals surface area contributed by atoms with Crippen LogP contribution >= 0.6 is 11.3 Å². The quantitative estimate of drug-likeness (QED) is 0.577. The number of hydrogen-bond acceptors (Lipinski definition) is 7. The van der Waals surface area contributed by atoms with Crippen molar-refractivity contribution in [3.8, 4) is 0 Å². The lowest BCUT2D eigenvalue weighted by atomic mass is 10.1. The minimum atomic E-state index is -0.700. The third-order valence-electron chi connectivity index (χ3n) is 4.56. The van der Waals surface area contributed by atoms with Gasteiger partial charge in [0.2, 0.25) is 5.91 Å². The van der Waals surface area contributed by atoms with Crippen LogP contribution in [0.25, 0.3) is 10.2 Å². The SMILES string of the molecule is Cc1sc2ncn(CCC(=O)OCC(=O)NC(=O)Cc3ccccc3)c(=O)c2c1C. The van der Waals surface area contributed by atoms with E-state index in [1.54, 1.807) is 24.3 Å². The fourth-order valence-electron chi connectivity index (χ4n) is 2.88. The van der Waals surface area contributed by atoms with Crippen molar-refractivity contribution in [1.29, 1.82) is 0 Å². The summed E-state index contributed by atoms with van der Waals surface area (Å²) < 4.78 is 6.25. The molecule has 8 nitrogen and oxygen atoms in total. The van der Waals surface area contributed by atoms with Gasteiger partial charge in [0.15, 0.2) is 6.61 Å². The zero-order valence-corrected chi connectivity index (χ0v) is 17.5. The minimum Gasteiger partial charge on any atom is -0.456 e. The molecule has 1 N–H and O–H groups in total. The molecule has 3 rings (SSSR count). The Kier molecular flexibility index (Phi) is 6.73. The number of rotatable bonds is 7. The van der Waals surface area contributed by atoms with E-state index in [4.69, 9.17) is 4.74 Å². The third kappa shape index (κ3) is 5.18. The first-order valence-electron chi connectivity index (χ1n) is 9.32. The van der Waals surface area contributed by atoms with E-state index in [0.29, 0.717) is 10.2 Å². The molecule has 0 radical (unpaired) electrons. The first kappa shape index (κ1) is 21.4. The topological polar surface area (TPSA) is 107 Å². The Balaban J connectivity index is 1.47. The Hall–Kier alpha value is -3.33. The number of nitrogens with zero attached hydrogens (tertiary/aromatic N) is 2. The van der Waals surface area contributed by atoms with Crippen LogP contribution in [-0.4, -0.2) is 33.9 Å². The molecule has 0 fully saturated rings. The molecular formula is C21H21N3O5S. The first-order valence-corrected chi connectivity index (χ1v) is 10.1. The van der Waals surface area contributed by atoms with Crippen molar-refractivity contribution in [3.05, 3.63) is 63.0 Å². The van der Waals surface area contributed by atoms with Gasteiger partial charge in [-0.05, 0) is 25.0 Å². The van der Waals surface area contributed by atoms with Gasteiger partial charge < -0.3 is 4.74 Å². The van der Waals surface area contributed by atoms with Crippen LogP contribution in [0.4, 0.5) is 0 Å². The fraction of sp³-hybridized carbons (Fsp3) is 0.286. The Morgan fingerprint density at radius 3 is 2.60 bits per heavy atom. The third-order valence-corrected chi connectivity index (χ3v) is 5.68. The van der Waals surface area contributed by atoms with Crippen LogP contribution in [0.5, 0.6) is 0 Å². The molecule has 156 valence electrons. The lowest BCUT2D eigenvalue weighted by Gasteiger charge is -2.07. The summed E-state index contributed by atoms with van der Waals surface area (Å²) in [6, 6.07) is 8.97. The van der Waals surface area contributed by atoms with Crippen molar-refractivity contribution >= 4 is 39.3 Å². The normalized spacial score (nSPS) is 10.7. The molecule has 0 spiro atoms. The lowest BCUT2D eigenvalue weighted by molar-refractivity contribution is -0.149. The van der Waals surface area contributed by atoms with Gasteiger partial charge in [-0.3, -0.25) is 29.1 Å². The second-order valence-corrected chi connectivity index (χ2v) is 7.95. The van der Waals surface area contributed by atoms with Gasteiger partial charge in [-0.2, -0.15) is 0 Å². The predicted molar refractivity (Wildman–Crippen MR) is 112 cm³/mol. The molecule has 0 atom stereocenters. The van der Waals surface area contributed by atoms with Gasteiger partial charge in [0.05, 0.1) is 24.6 Å². The molecule has 0 aliphatic heterocycles. The van der Waals surface area contributed by atoms with Gasteiger partial charge in [0.1, 0.15) is 4.83 Å². The zero-order chi connectivity index (χ0) is 21.7. The van der Waals surface area contributed by atoms with E-state index in [2.05, 4.69) is 10.3 Å². The van der Waals surface area contributed by atoms with Crippen LogP contribution in [0.3, 0.4) is 0 Å². The number of ether oxygens (including phenoxy) is 1. The van der Waals surface area contributed by atoms with Gasteiger partial charge >= 0.3 is 5.97 Å². The summed E-state index contributed by atoms with van der Waals surface area (Å²) in [7, 11) is 0. The number of carbonyl (C=O) groups is 3. The van der Waals surface area contributed by atoms with Crippen molar-refractivity contribution < 1.29 is 19.1 Å². The highest BCUT2D eigenvalue weighted by Crippen LogP contribution is 2.25. The highest BCUT2D eigenvalue weighted by Gasteiger charge is 2.14. The summed E-state index contributed by atoms with van der Waals surface area (Å²) in [5, 5.41) is 2.74. The molecule has 1 aromatic carbocycles. The summed E-state index contributed by atoms with van der Waals surface area (Å²) in [6.07, 6.45) is 1.36. The average molecular weight is 427 g/mol. The number of amides is 2. The number of imide groups is 1. The summed E-state index contributed by atoms with van der Waals surface area (Å²) in [5.41, 5.74) is 1.45. The second kappa shape index (κ2) is 9.45. The number of hydrogen-bond donors (Lipinski definition) is 1. The number of fused-ring (bicyclic) bond motifs is 1. The van der Waals surface area contributed by atoms with Crippen LogP contribution in [0.1, 0.15) is 22.4 Å². The number of aryl methyl sites for hydroxylation is 3. The molecule has 0 aliphatic carbocycles. The first-order chi connectivity index (χ1) is 14.3. The second-order valence-electron chi connectivity index (χ2n) is 6.75. The van der Waals surface area contributed by atoms with E-state index in [0.717, 1.165) is 16.0 Å². The Bertz CT molecular complexity index is 1150. The van der Waals surface area contributed by atoms with E-state index in [1.165, 1.54) is 22.2 Å². The van der Waals surface area contributed by atoms with Crippen LogP contribution in [-0.2, 0) is 32.1 Å². The van der Waals surface area contributed by atoms with Crippen molar-refractivity contribution in [2.24, 2.45) is 0 Å². The maximum absolute atomic E-state index is 12.6. The molecule has 9 heteroatoms. The summed E-state index contributed by atoms with van der Waals surface area (Å²) >= 11 is 1.45. The minimum absolute atomic E-state index is 0.0559. The molecule has 2 aromatic heterocycles. The molecule has 2 heterocycles. The summed E-state index contributed by atoms with van der Waals surface area (Å²) in [6.45, 7) is 3.32. The van der Waals surface area contributed by atoms with Crippen molar-refractivity contribution in [1.82, 2.24) is 14.9 Å². The van der Waals surface area contributed by atoms with Gasteiger partial charge in [0, 0.05) is 11.4 Å². The van der Waals surface area contributed by atoms with Crippen LogP contribution in [0.15, 0.2) is 41.5 Å². The number of thiophene rings is 1. The van der Waals surface area contributed by atoms with Crippen LogP contribution in [0.2, 0.25) is 0 Å². The Labute approximate surface area is 176 Å². The molecule has 3 aromatic rings. The summed E-state index contributed by atoms with van der Waals surface area (Å²) in [4.78, 5) is 54.1. The maximum atomic E-state index is 12.6. The van der Waals surface area contributed by atoms with Crippen molar-refractivity contribution in [2.45, 2.75) is 33.2 Å². The van der Waals surface area contributed by atoms with Crippen LogP contribution in [0, 0.1) is 13.8 Å². The highest BCUT2D eigenvalue weighted by atomic mass is 32.1. The highest BCUT2D eigenvalue weighted by molar-refractivity contribution is 7.18. The van der Waals surface area contributed by atoms with Crippen LogP contribution < -0.4 is 10.9 Å². The molecule has 0 unspecified atom stereocenters. The summed E-state index contributed by atoms with van der Waals surface area (Å²) in [5.74, 6) is -1.82. The van der Waals surface area contributed by atoms with Gasteiger partial charge in [-0.1, -0.05) is 30.3 Å². The van der Waals surface area contributed by atoms with Gasteiger partial charge in [-0.15, -0.1) is 11.3 Å². The number of aromatic nitrogens is 2. The van der Waals surface area contributed by atoms with E-state index in [9.17, 15) is 19.2 Å². The monoisotopic (exact) mass is 427 g/mol. The largest absolute Gasteiger partial charge is 0.456 e. The maximum Gasteiger partial charge on any atom is 0.308 e. The number of nitrogens with one attached hydrogen (secondary N) is 1. The van der Waals surface area contributed by atoms with E-state index in [1.807, 2.05) is 19.9 Å². The van der Waals surface area contributed by atoms with Gasteiger partial charge in [-0.25, -0.2) is 4.98 Å². The number of carbonyl (C=O) groups excluding carboxylic acids is 3. The predicted octanol–water partition coefficient (Wildman–Crippen LogP) is 1.89. The Morgan fingerprint density at radius 2 is 1.87 bits per heavy atom. The van der Waals surface area contributed by atoms with Gasteiger partial charge in [0.25, 0.3) is 11.5 Å². The average Bonchev–Trinajstić information content (AvgIpc) is 3.01. The van der Waals surface area contributed by atoms with E-state index in [-0.39, 0.29) is 24.9 Å². The fourth-order valence-corrected chi connectivity index (χ4v) is 3.86. The van der Waals surface area contributed by atoms with Crippen molar-refractivity contribution in [3.63, 3.8) is 0 Å². The smallest absolute Gasteiger partial charge is 0.308 e. The molecule has 0 saturated heterocycles. The lowest BCUT2D eigenvalue weighted by Crippen LogP contribution is -2.35.